The van der Waals surface area contributed by atoms with Gasteiger partial charge in [0.2, 0.25) is 0 Å². The van der Waals surface area contributed by atoms with Crippen LogP contribution in [-0.4, -0.2) is 12.3 Å². The van der Waals surface area contributed by atoms with E-state index in [1.165, 1.54) is 17.8 Å². The van der Waals surface area contributed by atoms with Crippen LogP contribution in [0.15, 0.2) is 23.1 Å². The lowest BCUT2D eigenvalue weighted by Crippen LogP contribution is -2.24. The fourth-order valence-electron chi connectivity index (χ4n) is 1.72. The summed E-state index contributed by atoms with van der Waals surface area (Å²) in [6, 6.07) is 4.34. The van der Waals surface area contributed by atoms with E-state index in [1.54, 1.807) is 6.07 Å². The van der Waals surface area contributed by atoms with Gasteiger partial charge in [-0.2, -0.15) is 13.2 Å². The Labute approximate surface area is 103 Å². The molecule has 94 valence electrons. The number of fused-ring (bicyclic) bond motifs is 1. The Balaban J connectivity index is 2.43. The van der Waals surface area contributed by atoms with Crippen molar-refractivity contribution >= 4 is 17.4 Å². The van der Waals surface area contributed by atoms with Crippen LogP contribution in [0.3, 0.4) is 0 Å². The van der Waals surface area contributed by atoms with Crippen LogP contribution in [-0.2, 0) is 6.18 Å². The number of hydrogen-bond acceptors (Lipinski definition) is 2. The van der Waals surface area contributed by atoms with Crippen LogP contribution in [0.2, 0.25) is 0 Å². The third-order valence-corrected chi connectivity index (χ3v) is 4.27. The summed E-state index contributed by atoms with van der Waals surface area (Å²) >= 11 is 1.48. The highest BCUT2D eigenvalue weighted by Crippen LogP contribution is 2.43. The number of nitrogens with one attached hydrogen (secondary N) is 1. The van der Waals surface area contributed by atoms with Gasteiger partial charge in [0, 0.05) is 17.2 Å². The lowest BCUT2D eigenvalue weighted by molar-refractivity contribution is -0.137. The standard InChI is InChI=1S/C12H14F3NS/c1-11(2)6-16-10-8(12(13,14)15)4-3-5-9(10)17-7-11/h3-5,16H,6-7H2,1-2H3. The van der Waals surface area contributed by atoms with Crippen molar-refractivity contribution in [1.29, 1.82) is 0 Å². The van der Waals surface area contributed by atoms with Crippen molar-refractivity contribution in [3.8, 4) is 0 Å². The topological polar surface area (TPSA) is 12.0 Å². The van der Waals surface area contributed by atoms with Crippen molar-refractivity contribution in [3.63, 3.8) is 0 Å². The van der Waals surface area contributed by atoms with Crippen LogP contribution in [0.1, 0.15) is 19.4 Å². The van der Waals surface area contributed by atoms with Gasteiger partial charge in [0.1, 0.15) is 0 Å². The zero-order chi connectivity index (χ0) is 12.7. The molecule has 0 atom stereocenters. The summed E-state index contributed by atoms with van der Waals surface area (Å²) < 4.78 is 38.6. The highest BCUT2D eigenvalue weighted by atomic mass is 32.2. The SMILES string of the molecule is CC1(C)CNc2c(cccc2C(F)(F)F)SC1. The highest BCUT2D eigenvalue weighted by Gasteiger charge is 2.36. The summed E-state index contributed by atoms with van der Waals surface area (Å²) in [5, 5.41) is 2.95. The number of halogens is 3. The fraction of sp³-hybridized carbons (Fsp3) is 0.500. The Kier molecular flexibility index (Phi) is 3.06. The maximum absolute atomic E-state index is 12.9. The molecule has 1 aliphatic heterocycles. The van der Waals surface area contributed by atoms with Gasteiger partial charge in [0.05, 0.1) is 11.3 Å². The van der Waals surface area contributed by atoms with Crippen LogP contribution in [0, 0.1) is 5.41 Å². The molecule has 0 saturated heterocycles. The van der Waals surface area contributed by atoms with E-state index in [-0.39, 0.29) is 11.1 Å². The summed E-state index contributed by atoms with van der Waals surface area (Å²) in [5.74, 6) is 0.814. The maximum Gasteiger partial charge on any atom is 0.418 e. The van der Waals surface area contributed by atoms with E-state index in [2.05, 4.69) is 5.32 Å². The number of para-hydroxylation sites is 1. The summed E-state index contributed by atoms with van der Waals surface area (Å²) in [6.07, 6.45) is -4.30. The molecule has 0 spiro atoms. The Hall–Kier alpha value is -0.840. The Bertz CT molecular complexity index is 426. The summed E-state index contributed by atoms with van der Waals surface area (Å²) in [5.41, 5.74) is -0.345. The molecule has 0 unspecified atom stereocenters. The van der Waals surface area contributed by atoms with Gasteiger partial charge >= 0.3 is 6.18 Å². The van der Waals surface area contributed by atoms with Crippen molar-refractivity contribution in [1.82, 2.24) is 0 Å². The van der Waals surface area contributed by atoms with Crippen LogP contribution < -0.4 is 5.32 Å². The largest absolute Gasteiger partial charge is 0.418 e. The smallest absolute Gasteiger partial charge is 0.383 e. The van der Waals surface area contributed by atoms with Crippen molar-refractivity contribution < 1.29 is 13.2 Å². The van der Waals surface area contributed by atoms with Crippen molar-refractivity contribution in [2.24, 2.45) is 5.41 Å². The highest BCUT2D eigenvalue weighted by molar-refractivity contribution is 7.99. The maximum atomic E-state index is 12.9. The Morgan fingerprint density at radius 2 is 2.00 bits per heavy atom. The van der Waals surface area contributed by atoms with Gasteiger partial charge in [-0.25, -0.2) is 0 Å². The average molecular weight is 261 g/mol. The van der Waals surface area contributed by atoms with Gasteiger partial charge < -0.3 is 5.32 Å². The molecule has 1 N–H and O–H groups in total. The molecular weight excluding hydrogens is 247 g/mol. The zero-order valence-corrected chi connectivity index (χ0v) is 10.5. The molecule has 2 rings (SSSR count). The number of thioether (sulfide) groups is 1. The minimum Gasteiger partial charge on any atom is -0.383 e. The second-order valence-electron chi connectivity index (χ2n) is 4.98. The minimum atomic E-state index is -4.30. The molecule has 1 nitrogen and oxygen atoms in total. The monoisotopic (exact) mass is 261 g/mol. The van der Waals surface area contributed by atoms with Crippen molar-refractivity contribution in [2.45, 2.75) is 24.9 Å². The van der Waals surface area contributed by atoms with Crippen LogP contribution >= 0.6 is 11.8 Å². The molecule has 1 aromatic rings. The average Bonchev–Trinajstić information content (AvgIpc) is 2.36. The number of alkyl halides is 3. The molecule has 1 aliphatic rings. The molecule has 0 amide bonds. The van der Waals surface area contributed by atoms with E-state index in [1.807, 2.05) is 13.8 Å². The minimum absolute atomic E-state index is 0.00739. The Morgan fingerprint density at radius 3 is 2.65 bits per heavy atom. The Morgan fingerprint density at radius 1 is 1.29 bits per heavy atom. The number of anilines is 1. The molecule has 0 saturated carbocycles. The predicted molar refractivity (Wildman–Crippen MR) is 64.4 cm³/mol. The third-order valence-electron chi connectivity index (χ3n) is 2.69. The predicted octanol–water partition coefficient (Wildman–Crippen LogP) is 4.25. The molecule has 0 fully saturated rings. The summed E-state index contributed by atoms with van der Waals surface area (Å²) in [4.78, 5) is 0.686. The van der Waals surface area contributed by atoms with Crippen molar-refractivity contribution in [2.75, 3.05) is 17.6 Å². The van der Waals surface area contributed by atoms with Gasteiger partial charge in [-0.1, -0.05) is 19.9 Å². The van der Waals surface area contributed by atoms with Crippen LogP contribution in [0.5, 0.6) is 0 Å². The second-order valence-corrected chi connectivity index (χ2v) is 6.00. The number of hydrogen-bond donors (Lipinski definition) is 1. The molecule has 0 aromatic heterocycles. The fourth-order valence-corrected chi connectivity index (χ4v) is 2.87. The van der Waals surface area contributed by atoms with Gasteiger partial charge in [0.15, 0.2) is 0 Å². The van der Waals surface area contributed by atoms with Gasteiger partial charge in [-0.3, -0.25) is 0 Å². The van der Waals surface area contributed by atoms with Gasteiger partial charge in [-0.05, 0) is 17.5 Å². The molecule has 0 aliphatic carbocycles. The molecule has 17 heavy (non-hydrogen) atoms. The first kappa shape index (κ1) is 12.6. The van der Waals surface area contributed by atoms with Gasteiger partial charge in [0.25, 0.3) is 0 Å². The first-order valence-corrected chi connectivity index (χ1v) is 6.35. The summed E-state index contributed by atoms with van der Waals surface area (Å²) in [7, 11) is 0. The molecule has 1 aromatic carbocycles. The molecule has 5 heteroatoms. The first-order valence-electron chi connectivity index (χ1n) is 5.36. The van der Waals surface area contributed by atoms with E-state index in [0.29, 0.717) is 11.4 Å². The normalized spacial score (nSPS) is 19.1. The summed E-state index contributed by atoms with van der Waals surface area (Å²) in [6.45, 7) is 4.65. The molecule has 1 heterocycles. The van der Waals surface area contributed by atoms with E-state index in [9.17, 15) is 13.2 Å². The van der Waals surface area contributed by atoms with E-state index in [0.717, 1.165) is 11.8 Å². The van der Waals surface area contributed by atoms with E-state index in [4.69, 9.17) is 0 Å². The molecule has 0 bridgehead atoms. The quantitative estimate of drug-likeness (QED) is 0.749. The molecule has 0 radical (unpaired) electrons. The zero-order valence-electron chi connectivity index (χ0n) is 9.69. The van der Waals surface area contributed by atoms with E-state index < -0.39 is 11.7 Å². The number of benzene rings is 1. The van der Waals surface area contributed by atoms with Crippen LogP contribution in [0.4, 0.5) is 18.9 Å². The lowest BCUT2D eigenvalue weighted by Gasteiger charge is -2.21. The van der Waals surface area contributed by atoms with Crippen molar-refractivity contribution in [3.05, 3.63) is 23.8 Å². The second kappa shape index (κ2) is 4.12. The van der Waals surface area contributed by atoms with Crippen LogP contribution in [0.25, 0.3) is 0 Å². The van der Waals surface area contributed by atoms with Gasteiger partial charge in [-0.15, -0.1) is 11.8 Å². The number of rotatable bonds is 0. The first-order chi connectivity index (χ1) is 7.80. The lowest BCUT2D eigenvalue weighted by atomic mass is 9.96. The molecular formula is C12H14F3NS. The third kappa shape index (κ3) is 2.70. The van der Waals surface area contributed by atoms with E-state index >= 15 is 0 Å².